The van der Waals surface area contributed by atoms with Crippen molar-refractivity contribution in [3.63, 3.8) is 0 Å². The Kier molecular flexibility index (Phi) is 11.7. The molecule has 10 saturated carbocycles. The van der Waals surface area contributed by atoms with Crippen LogP contribution in [0, 0.1) is 93.7 Å². The van der Waals surface area contributed by atoms with Crippen LogP contribution < -0.4 is 0 Å². The maximum atomic E-state index is 17.0. The summed E-state index contributed by atoms with van der Waals surface area (Å²) in [6.45, 7) is 6.42. The molecule has 1 N–H and O–H groups in total. The third kappa shape index (κ3) is 7.73. The van der Waals surface area contributed by atoms with Crippen molar-refractivity contribution in [2.24, 2.45) is 93.7 Å². The fourth-order valence-electron chi connectivity index (χ4n) is 17.7. The maximum absolute atomic E-state index is 17.0. The molecule has 12 atom stereocenters. The van der Waals surface area contributed by atoms with Crippen LogP contribution in [-0.2, 0) is 28.5 Å². The molecule has 12 fully saturated rings. The van der Waals surface area contributed by atoms with Gasteiger partial charge in [0.05, 0.1) is 18.3 Å². The van der Waals surface area contributed by atoms with Gasteiger partial charge in [0.25, 0.3) is 0 Å². The van der Waals surface area contributed by atoms with E-state index < -0.39 is 119 Å². The van der Waals surface area contributed by atoms with Gasteiger partial charge in [-0.25, -0.2) is 0 Å². The number of rotatable bonds is 11. The molecule has 10 aliphatic carbocycles. The molecule has 16 heteroatoms. The van der Waals surface area contributed by atoms with Crippen molar-refractivity contribution in [2.45, 2.75) is 204 Å². The molecule has 0 spiro atoms. The Bertz CT molecular complexity index is 1860. The second kappa shape index (κ2) is 16.1. The number of carbonyl (C=O) groups is 2. The lowest BCUT2D eigenvalue weighted by Gasteiger charge is -2.60. The normalized spacial score (nSPS) is 48.1. The molecule has 0 aromatic rings. The molecule has 2 aliphatic heterocycles. The third-order valence-corrected chi connectivity index (χ3v) is 21.4. The van der Waals surface area contributed by atoms with Crippen molar-refractivity contribution in [3.8, 4) is 0 Å². The van der Waals surface area contributed by atoms with Crippen LogP contribution in [0.2, 0.25) is 0 Å². The number of alkyl halides is 9. The van der Waals surface area contributed by atoms with Crippen LogP contribution in [0.5, 0.6) is 0 Å². The van der Waals surface area contributed by atoms with E-state index in [0.717, 1.165) is 45.4 Å². The van der Waals surface area contributed by atoms with Gasteiger partial charge < -0.3 is 24.1 Å². The standard InChI is InChI=1S/C51H71F9O7/c1-25-9-36-30-20-31(22-45(3,63)50(55,56)57)37(21-30)41(36)65-39(25)24-48(51(58,59)60,43(62)67-47(5)34-16-28-11-29(18-34)19-35(47)17-28)38-7-6-8-64-40(38)23-44(2,49(52,53)54)42(61)66-46(4)32-12-26-10-27(14-32)15-33(46)13-26/h25-41,63H,6-24H2,1-5H3. The molecule has 67 heavy (non-hydrogen) atoms. The van der Waals surface area contributed by atoms with Crippen molar-refractivity contribution in [2.75, 3.05) is 6.61 Å². The van der Waals surface area contributed by atoms with Crippen molar-refractivity contribution >= 4 is 11.9 Å². The summed E-state index contributed by atoms with van der Waals surface area (Å²) in [5, 5.41) is 10.5. The Balaban J connectivity index is 0.993. The average molecular weight is 967 g/mol. The van der Waals surface area contributed by atoms with Gasteiger partial charge in [0.15, 0.2) is 16.4 Å². The summed E-state index contributed by atoms with van der Waals surface area (Å²) in [5.41, 5.74) is -12.1. The Morgan fingerprint density at radius 1 is 0.612 bits per heavy atom. The number of aliphatic hydroxyl groups is 1. The van der Waals surface area contributed by atoms with E-state index in [9.17, 15) is 23.1 Å². The minimum absolute atomic E-state index is 0.00540. The molecule has 0 aromatic carbocycles. The largest absolute Gasteiger partial charge is 0.458 e. The molecule has 2 saturated heterocycles. The highest BCUT2D eigenvalue weighted by Gasteiger charge is 2.73. The lowest BCUT2D eigenvalue weighted by atomic mass is 9.50. The first-order chi connectivity index (χ1) is 31.1. The lowest BCUT2D eigenvalue weighted by molar-refractivity contribution is -0.297. The Morgan fingerprint density at radius 2 is 1.12 bits per heavy atom. The topological polar surface area (TPSA) is 91.3 Å². The molecular weight excluding hydrogens is 896 g/mol. The second-order valence-corrected chi connectivity index (χ2v) is 25.3. The van der Waals surface area contributed by atoms with Gasteiger partial charge in [0.1, 0.15) is 11.2 Å². The van der Waals surface area contributed by atoms with Gasteiger partial charge in [-0.1, -0.05) is 6.92 Å². The lowest BCUT2D eigenvalue weighted by Crippen LogP contribution is -2.64. The van der Waals surface area contributed by atoms with Gasteiger partial charge in [-0.2, -0.15) is 39.5 Å². The number of fused-ring (bicyclic) bond motifs is 5. The summed E-state index contributed by atoms with van der Waals surface area (Å²) in [7, 11) is 0. The number of esters is 2. The molecule has 380 valence electrons. The van der Waals surface area contributed by atoms with Gasteiger partial charge in [-0.3, -0.25) is 9.59 Å². The number of hydrogen-bond donors (Lipinski definition) is 1. The first kappa shape index (κ1) is 48.8. The number of ether oxygens (including phenoxy) is 4. The quantitative estimate of drug-likeness (QED) is 0.163. The van der Waals surface area contributed by atoms with E-state index in [1.165, 1.54) is 0 Å². The zero-order valence-electron chi connectivity index (χ0n) is 39.5. The molecule has 12 aliphatic rings. The average Bonchev–Trinajstić information content (AvgIpc) is 3.77. The predicted octanol–water partition coefficient (Wildman–Crippen LogP) is 12.0. The third-order valence-electron chi connectivity index (χ3n) is 21.4. The summed E-state index contributed by atoms with van der Waals surface area (Å²) < 4.78 is 165. The highest BCUT2D eigenvalue weighted by Crippen LogP contribution is 2.65. The predicted molar refractivity (Wildman–Crippen MR) is 224 cm³/mol. The van der Waals surface area contributed by atoms with Crippen LogP contribution in [0.3, 0.4) is 0 Å². The van der Waals surface area contributed by atoms with E-state index >= 15 is 31.1 Å². The minimum Gasteiger partial charge on any atom is -0.458 e. The van der Waals surface area contributed by atoms with Crippen LogP contribution >= 0.6 is 0 Å². The fourth-order valence-corrected chi connectivity index (χ4v) is 17.7. The summed E-state index contributed by atoms with van der Waals surface area (Å²) in [6, 6.07) is 0. The van der Waals surface area contributed by atoms with Gasteiger partial charge in [-0.05, 0) is 220 Å². The summed E-state index contributed by atoms with van der Waals surface area (Å²) in [5.74, 6) is -5.87. The molecular formula is C51H71F9O7. The van der Waals surface area contributed by atoms with E-state index in [2.05, 4.69) is 0 Å². The van der Waals surface area contributed by atoms with Crippen molar-refractivity contribution < 1.29 is 73.2 Å². The van der Waals surface area contributed by atoms with E-state index in [-0.39, 0.29) is 55.0 Å². The van der Waals surface area contributed by atoms with Gasteiger partial charge in [-0.15, -0.1) is 0 Å². The van der Waals surface area contributed by atoms with Gasteiger partial charge >= 0.3 is 30.5 Å². The summed E-state index contributed by atoms with van der Waals surface area (Å²) >= 11 is 0. The van der Waals surface area contributed by atoms with Crippen LogP contribution in [-0.4, -0.2) is 77.3 Å². The van der Waals surface area contributed by atoms with E-state index in [0.29, 0.717) is 75.5 Å². The molecule has 0 aromatic heterocycles. The molecule has 12 unspecified atom stereocenters. The highest BCUT2D eigenvalue weighted by atomic mass is 19.4. The van der Waals surface area contributed by atoms with E-state index in [1.807, 2.05) is 0 Å². The Hall–Kier alpha value is -1.81. The fraction of sp³-hybridized carbons (Fsp3) is 0.961. The van der Waals surface area contributed by atoms with Crippen molar-refractivity contribution in [3.05, 3.63) is 0 Å². The molecule has 10 bridgehead atoms. The van der Waals surface area contributed by atoms with Gasteiger partial charge in [0.2, 0.25) is 0 Å². The number of carbonyl (C=O) groups excluding carboxylic acids is 2. The van der Waals surface area contributed by atoms with Crippen molar-refractivity contribution in [1.29, 1.82) is 0 Å². The van der Waals surface area contributed by atoms with E-state index in [4.69, 9.17) is 18.9 Å². The van der Waals surface area contributed by atoms with Crippen LogP contribution in [0.25, 0.3) is 0 Å². The summed E-state index contributed by atoms with van der Waals surface area (Å²) in [4.78, 5) is 29.8. The van der Waals surface area contributed by atoms with Gasteiger partial charge in [0, 0.05) is 12.5 Å². The number of hydrogen-bond acceptors (Lipinski definition) is 7. The SMILES string of the molecule is CC1CC2C3CC(CC(C)(O)C(F)(F)F)C(C3)C2OC1CC(C(=O)OC1(C)C2CC3CC(C2)CC1C3)(C1CCCOC1CC(C)(C(=O)OC1(C)C2CC3CC(C2)CC1C3)C(F)(F)F)C(F)(F)F. The smallest absolute Gasteiger partial charge is 0.416 e. The monoisotopic (exact) mass is 967 g/mol. The molecule has 2 heterocycles. The number of halogens is 9. The highest BCUT2D eigenvalue weighted by molar-refractivity contribution is 5.80. The molecule has 0 radical (unpaired) electrons. The zero-order valence-corrected chi connectivity index (χ0v) is 39.5. The first-order valence-electron chi connectivity index (χ1n) is 25.7. The maximum Gasteiger partial charge on any atom is 0.416 e. The minimum atomic E-state index is -5.40. The van der Waals surface area contributed by atoms with Crippen LogP contribution in [0.1, 0.15) is 150 Å². The van der Waals surface area contributed by atoms with E-state index in [1.54, 1.807) is 20.8 Å². The molecule has 0 amide bonds. The summed E-state index contributed by atoms with van der Waals surface area (Å²) in [6.07, 6.45) is -13.4. The first-order valence-corrected chi connectivity index (χ1v) is 25.7. The second-order valence-electron chi connectivity index (χ2n) is 25.3. The van der Waals surface area contributed by atoms with Crippen LogP contribution in [0.15, 0.2) is 0 Å². The van der Waals surface area contributed by atoms with Crippen molar-refractivity contribution in [1.82, 2.24) is 0 Å². The molecule has 7 nitrogen and oxygen atoms in total. The Morgan fingerprint density at radius 3 is 1.60 bits per heavy atom. The molecule has 12 rings (SSSR count). The Labute approximate surface area is 388 Å². The van der Waals surface area contributed by atoms with Crippen LogP contribution in [0.4, 0.5) is 39.5 Å². The zero-order chi connectivity index (χ0) is 48.2.